The highest BCUT2D eigenvalue weighted by atomic mass is 19.1. The van der Waals surface area contributed by atoms with Gasteiger partial charge in [-0.25, -0.2) is 9.37 Å². The number of hydrogen-bond acceptors (Lipinski definition) is 2. The van der Waals surface area contributed by atoms with Gasteiger partial charge in [-0.2, -0.15) is 0 Å². The molecule has 0 saturated heterocycles. The Labute approximate surface area is 126 Å². The van der Waals surface area contributed by atoms with E-state index in [9.17, 15) is 9.50 Å². The lowest BCUT2D eigenvalue weighted by atomic mass is 10.1. The molecule has 1 N–H and O–H groups in total. The number of aliphatic hydroxyl groups excluding tert-OH is 1. The van der Waals surface area contributed by atoms with Gasteiger partial charge >= 0.3 is 0 Å². The smallest absolute Gasteiger partial charge is 0.215 e. The Kier molecular flexibility index (Phi) is 2.94. The van der Waals surface area contributed by atoms with E-state index in [0.29, 0.717) is 6.54 Å². The Morgan fingerprint density at radius 2 is 1.82 bits per heavy atom. The van der Waals surface area contributed by atoms with E-state index < -0.39 is 0 Å². The largest absolute Gasteiger partial charge is 0.395 e. The molecule has 2 aromatic heterocycles. The first-order valence-corrected chi connectivity index (χ1v) is 7.11. The lowest BCUT2D eigenvalue weighted by Gasteiger charge is -2.06. The third-order valence-corrected chi connectivity index (χ3v) is 3.82. The van der Waals surface area contributed by atoms with Crippen molar-refractivity contribution in [2.24, 2.45) is 0 Å². The van der Waals surface area contributed by atoms with E-state index in [2.05, 4.69) is 4.98 Å². The Balaban J connectivity index is 2.01. The van der Waals surface area contributed by atoms with Gasteiger partial charge in [-0.05, 0) is 42.0 Å². The number of fused-ring (bicyclic) bond motifs is 3. The van der Waals surface area contributed by atoms with Gasteiger partial charge in [0.15, 0.2) is 0 Å². The fraction of sp³-hybridized carbons (Fsp3) is 0.118. The number of benzene rings is 2. The van der Waals surface area contributed by atoms with E-state index >= 15 is 0 Å². The lowest BCUT2D eigenvalue weighted by Crippen LogP contribution is -2.04. The minimum atomic E-state index is -0.265. The molecule has 22 heavy (non-hydrogen) atoms. The Bertz CT molecular complexity index is 953. The highest BCUT2D eigenvalue weighted by molar-refractivity contribution is 5.81. The second-order valence-corrected chi connectivity index (χ2v) is 5.17. The van der Waals surface area contributed by atoms with Gasteiger partial charge in [-0.3, -0.25) is 4.40 Å². The summed E-state index contributed by atoms with van der Waals surface area (Å²) in [5, 5.41) is 9.37. The summed E-state index contributed by atoms with van der Waals surface area (Å²) in [6.45, 7) is 0.453. The molecule has 0 fully saturated rings. The molecule has 2 heterocycles. The van der Waals surface area contributed by atoms with Crippen LogP contribution in [0.1, 0.15) is 0 Å². The molecule has 4 nitrogen and oxygen atoms in total. The van der Waals surface area contributed by atoms with Crippen molar-refractivity contribution in [3.05, 3.63) is 60.5 Å². The van der Waals surface area contributed by atoms with Crippen LogP contribution in [0.5, 0.6) is 0 Å². The number of nitrogens with zero attached hydrogens (tertiary/aromatic N) is 3. The molecule has 4 rings (SSSR count). The minimum Gasteiger partial charge on any atom is -0.395 e. The summed E-state index contributed by atoms with van der Waals surface area (Å²) in [5.74, 6) is 0.508. The first-order valence-electron chi connectivity index (χ1n) is 7.11. The van der Waals surface area contributed by atoms with Gasteiger partial charge in [0.05, 0.1) is 23.3 Å². The van der Waals surface area contributed by atoms with Crippen LogP contribution in [0.4, 0.5) is 4.39 Å². The monoisotopic (exact) mass is 295 g/mol. The molecule has 0 radical (unpaired) electrons. The molecule has 0 aliphatic rings. The maximum absolute atomic E-state index is 13.1. The van der Waals surface area contributed by atoms with Crippen LogP contribution in [0, 0.1) is 5.82 Å². The van der Waals surface area contributed by atoms with Crippen molar-refractivity contribution in [2.45, 2.75) is 6.54 Å². The van der Waals surface area contributed by atoms with Crippen molar-refractivity contribution >= 4 is 16.8 Å². The van der Waals surface area contributed by atoms with Gasteiger partial charge in [-0.15, -0.1) is 0 Å². The molecule has 0 spiro atoms. The van der Waals surface area contributed by atoms with Crippen LogP contribution in [0.15, 0.2) is 54.7 Å². The number of imidazole rings is 2. The third kappa shape index (κ3) is 1.90. The molecular weight excluding hydrogens is 281 g/mol. The van der Waals surface area contributed by atoms with E-state index in [0.717, 1.165) is 28.1 Å². The molecule has 2 aromatic carbocycles. The van der Waals surface area contributed by atoms with Crippen LogP contribution >= 0.6 is 0 Å². The summed E-state index contributed by atoms with van der Waals surface area (Å²) in [4.78, 5) is 4.64. The summed E-state index contributed by atoms with van der Waals surface area (Å²) in [5.41, 5.74) is 3.72. The van der Waals surface area contributed by atoms with E-state index in [1.165, 1.54) is 12.1 Å². The van der Waals surface area contributed by atoms with Gasteiger partial charge in [-0.1, -0.05) is 12.1 Å². The van der Waals surface area contributed by atoms with Gasteiger partial charge < -0.3 is 9.67 Å². The fourth-order valence-corrected chi connectivity index (χ4v) is 2.82. The minimum absolute atomic E-state index is 0.0156. The predicted molar refractivity (Wildman–Crippen MR) is 83.2 cm³/mol. The Morgan fingerprint density at radius 1 is 1.05 bits per heavy atom. The summed E-state index contributed by atoms with van der Waals surface area (Å²) in [6, 6.07) is 14.2. The topological polar surface area (TPSA) is 42.5 Å². The van der Waals surface area contributed by atoms with E-state index in [1.54, 1.807) is 12.1 Å². The second-order valence-electron chi connectivity index (χ2n) is 5.17. The SMILES string of the molecule is OCCn1c(-c2ccc(F)cc2)cn2c3ccccc3nc12. The number of para-hydroxylation sites is 2. The molecule has 4 aromatic rings. The summed E-state index contributed by atoms with van der Waals surface area (Å²) in [6.07, 6.45) is 1.98. The fourth-order valence-electron chi connectivity index (χ4n) is 2.82. The predicted octanol–water partition coefficient (Wildman–Crippen LogP) is 3.09. The first kappa shape index (κ1) is 13.0. The molecular formula is C17H14FN3O. The number of aromatic nitrogens is 3. The van der Waals surface area contributed by atoms with Crippen molar-refractivity contribution in [3.8, 4) is 11.3 Å². The molecule has 0 saturated carbocycles. The van der Waals surface area contributed by atoms with Gasteiger partial charge in [0, 0.05) is 12.7 Å². The maximum Gasteiger partial charge on any atom is 0.215 e. The zero-order valence-electron chi connectivity index (χ0n) is 11.8. The number of aliphatic hydroxyl groups is 1. The van der Waals surface area contributed by atoms with Crippen molar-refractivity contribution < 1.29 is 9.50 Å². The number of hydrogen-bond donors (Lipinski definition) is 1. The van der Waals surface area contributed by atoms with Crippen molar-refractivity contribution in [1.29, 1.82) is 0 Å². The average molecular weight is 295 g/mol. The first-order chi connectivity index (χ1) is 10.8. The molecule has 110 valence electrons. The van der Waals surface area contributed by atoms with Crippen LogP contribution < -0.4 is 0 Å². The lowest BCUT2D eigenvalue weighted by molar-refractivity contribution is 0.278. The highest BCUT2D eigenvalue weighted by Crippen LogP contribution is 2.26. The van der Waals surface area contributed by atoms with E-state index in [4.69, 9.17) is 0 Å². The van der Waals surface area contributed by atoms with Gasteiger partial charge in [0.1, 0.15) is 5.82 Å². The van der Waals surface area contributed by atoms with Crippen LogP contribution in [-0.2, 0) is 6.54 Å². The zero-order chi connectivity index (χ0) is 15.1. The van der Waals surface area contributed by atoms with Crippen LogP contribution in [0.2, 0.25) is 0 Å². The number of rotatable bonds is 3. The molecule has 0 amide bonds. The molecule has 0 aliphatic heterocycles. The highest BCUT2D eigenvalue weighted by Gasteiger charge is 2.14. The van der Waals surface area contributed by atoms with Crippen molar-refractivity contribution in [3.63, 3.8) is 0 Å². The third-order valence-electron chi connectivity index (χ3n) is 3.82. The molecule has 0 atom stereocenters. The normalized spacial score (nSPS) is 11.5. The van der Waals surface area contributed by atoms with Crippen molar-refractivity contribution in [2.75, 3.05) is 6.61 Å². The van der Waals surface area contributed by atoms with Crippen LogP contribution in [0.3, 0.4) is 0 Å². The van der Waals surface area contributed by atoms with Crippen LogP contribution in [-0.4, -0.2) is 25.7 Å². The summed E-state index contributed by atoms with van der Waals surface area (Å²) >= 11 is 0. The van der Waals surface area contributed by atoms with Gasteiger partial charge in [0.25, 0.3) is 0 Å². The summed E-state index contributed by atoms with van der Waals surface area (Å²) < 4.78 is 17.1. The number of halogens is 1. The van der Waals surface area contributed by atoms with E-state index in [-0.39, 0.29) is 12.4 Å². The maximum atomic E-state index is 13.1. The zero-order valence-corrected chi connectivity index (χ0v) is 11.8. The second kappa shape index (κ2) is 4.96. The molecule has 5 heteroatoms. The molecule has 0 aliphatic carbocycles. The van der Waals surface area contributed by atoms with Crippen LogP contribution in [0.25, 0.3) is 28.1 Å². The average Bonchev–Trinajstić information content (AvgIpc) is 3.06. The Morgan fingerprint density at radius 3 is 2.59 bits per heavy atom. The molecule has 0 bridgehead atoms. The van der Waals surface area contributed by atoms with E-state index in [1.807, 2.05) is 39.4 Å². The Hall–Kier alpha value is -2.66. The standard InChI is InChI=1S/C17H14FN3O/c18-13-7-5-12(6-8-13)16-11-21-15-4-2-1-3-14(15)19-17(21)20(16)9-10-22/h1-8,11,22H,9-10H2. The summed E-state index contributed by atoms with van der Waals surface area (Å²) in [7, 11) is 0. The molecule has 0 unspecified atom stereocenters. The van der Waals surface area contributed by atoms with Crippen molar-refractivity contribution in [1.82, 2.24) is 14.0 Å². The van der Waals surface area contributed by atoms with Gasteiger partial charge in [0.2, 0.25) is 5.78 Å². The quantitative estimate of drug-likeness (QED) is 0.631.